The number of ether oxygens (including phenoxy) is 1. The molecule has 1 aliphatic rings. The molecule has 3 heteroatoms. The molecular formula is C15H22FNO. The molecule has 18 heavy (non-hydrogen) atoms. The number of rotatable bonds is 5. The van der Waals surface area contributed by atoms with Gasteiger partial charge in [-0.25, -0.2) is 4.39 Å². The molecule has 0 aliphatic heterocycles. The number of nitrogens with one attached hydrogen (secondary N) is 1. The van der Waals surface area contributed by atoms with E-state index in [0.29, 0.717) is 5.92 Å². The normalized spacial score (nSPS) is 17.9. The number of halogens is 1. The highest BCUT2D eigenvalue weighted by Gasteiger charge is 2.17. The zero-order valence-electron chi connectivity index (χ0n) is 11.2. The van der Waals surface area contributed by atoms with E-state index in [0.717, 1.165) is 17.9 Å². The van der Waals surface area contributed by atoms with Gasteiger partial charge in [0.05, 0.1) is 6.61 Å². The second-order valence-electron chi connectivity index (χ2n) is 5.15. The summed E-state index contributed by atoms with van der Waals surface area (Å²) in [4.78, 5) is 0. The van der Waals surface area contributed by atoms with Crippen LogP contribution in [0.15, 0.2) is 18.2 Å². The van der Waals surface area contributed by atoms with Crippen LogP contribution in [-0.4, -0.2) is 13.7 Å². The summed E-state index contributed by atoms with van der Waals surface area (Å²) in [5.74, 6) is 1.28. The van der Waals surface area contributed by atoms with Gasteiger partial charge in [0.15, 0.2) is 0 Å². The molecule has 1 fully saturated rings. The van der Waals surface area contributed by atoms with Crippen molar-refractivity contribution < 1.29 is 9.13 Å². The Bertz CT molecular complexity index is 388. The Hall–Kier alpha value is -1.09. The SMILES string of the molecule is CNC(C)c1cc(F)ccc1OCC1CCCC1. The lowest BCUT2D eigenvalue weighted by molar-refractivity contribution is 0.248. The van der Waals surface area contributed by atoms with Crippen molar-refractivity contribution >= 4 is 0 Å². The Kier molecular flexibility index (Phi) is 4.59. The van der Waals surface area contributed by atoms with Gasteiger partial charge >= 0.3 is 0 Å². The van der Waals surface area contributed by atoms with Crippen molar-refractivity contribution in [3.05, 3.63) is 29.6 Å². The first kappa shape index (κ1) is 13.3. The summed E-state index contributed by atoms with van der Waals surface area (Å²) in [5.41, 5.74) is 0.899. The van der Waals surface area contributed by atoms with Crippen molar-refractivity contribution in [3.8, 4) is 5.75 Å². The van der Waals surface area contributed by atoms with E-state index in [1.165, 1.54) is 31.7 Å². The molecule has 1 saturated carbocycles. The van der Waals surface area contributed by atoms with Crippen LogP contribution in [0, 0.1) is 11.7 Å². The van der Waals surface area contributed by atoms with Crippen molar-refractivity contribution in [3.63, 3.8) is 0 Å². The molecule has 0 spiro atoms. The standard InChI is InChI=1S/C15H22FNO/c1-11(17-2)14-9-13(16)7-8-15(14)18-10-12-5-3-4-6-12/h7-9,11-12,17H,3-6,10H2,1-2H3. The van der Waals surface area contributed by atoms with E-state index < -0.39 is 0 Å². The molecule has 1 aromatic carbocycles. The number of benzene rings is 1. The summed E-state index contributed by atoms with van der Waals surface area (Å²) in [6.07, 6.45) is 5.16. The maximum absolute atomic E-state index is 13.3. The van der Waals surface area contributed by atoms with Gasteiger partial charge in [-0.3, -0.25) is 0 Å². The molecule has 0 radical (unpaired) electrons. The van der Waals surface area contributed by atoms with E-state index in [2.05, 4.69) is 5.32 Å². The largest absolute Gasteiger partial charge is 0.493 e. The van der Waals surface area contributed by atoms with E-state index in [-0.39, 0.29) is 11.9 Å². The summed E-state index contributed by atoms with van der Waals surface area (Å²) < 4.78 is 19.2. The fraction of sp³-hybridized carbons (Fsp3) is 0.600. The van der Waals surface area contributed by atoms with E-state index in [4.69, 9.17) is 4.74 Å². The van der Waals surface area contributed by atoms with Gasteiger partial charge in [-0.2, -0.15) is 0 Å². The molecule has 0 bridgehead atoms. The quantitative estimate of drug-likeness (QED) is 0.862. The first-order valence-electron chi connectivity index (χ1n) is 6.80. The minimum absolute atomic E-state index is 0.0966. The minimum Gasteiger partial charge on any atom is -0.493 e. The summed E-state index contributed by atoms with van der Waals surface area (Å²) >= 11 is 0. The highest BCUT2D eigenvalue weighted by Crippen LogP contribution is 2.29. The van der Waals surface area contributed by atoms with Gasteiger partial charge in [0.25, 0.3) is 0 Å². The maximum Gasteiger partial charge on any atom is 0.124 e. The topological polar surface area (TPSA) is 21.3 Å². The Morgan fingerprint density at radius 1 is 1.39 bits per heavy atom. The summed E-state index contributed by atoms with van der Waals surface area (Å²) in [6, 6.07) is 4.87. The predicted octanol–water partition coefficient (Wildman–Crippen LogP) is 3.68. The summed E-state index contributed by atoms with van der Waals surface area (Å²) in [5, 5.41) is 3.13. The molecule has 1 atom stereocenters. The lowest BCUT2D eigenvalue weighted by Crippen LogP contribution is -2.15. The third-order valence-electron chi connectivity index (χ3n) is 3.82. The Labute approximate surface area is 109 Å². The van der Waals surface area contributed by atoms with Crippen molar-refractivity contribution in [2.45, 2.75) is 38.6 Å². The van der Waals surface area contributed by atoms with Gasteiger partial charge in [0.2, 0.25) is 0 Å². The summed E-state index contributed by atoms with van der Waals surface area (Å²) in [6.45, 7) is 2.77. The van der Waals surface area contributed by atoms with Gasteiger partial charge in [0, 0.05) is 11.6 Å². The fourth-order valence-corrected chi connectivity index (χ4v) is 2.53. The Morgan fingerprint density at radius 3 is 2.78 bits per heavy atom. The smallest absolute Gasteiger partial charge is 0.124 e. The molecule has 2 nitrogen and oxygen atoms in total. The van der Waals surface area contributed by atoms with Gasteiger partial charge in [0.1, 0.15) is 11.6 Å². The lowest BCUT2D eigenvalue weighted by Gasteiger charge is -2.18. The van der Waals surface area contributed by atoms with Gasteiger partial charge < -0.3 is 10.1 Å². The zero-order valence-corrected chi connectivity index (χ0v) is 11.2. The highest BCUT2D eigenvalue weighted by molar-refractivity contribution is 5.36. The highest BCUT2D eigenvalue weighted by atomic mass is 19.1. The Morgan fingerprint density at radius 2 is 2.11 bits per heavy atom. The van der Waals surface area contributed by atoms with Gasteiger partial charge in [-0.1, -0.05) is 12.8 Å². The Balaban J connectivity index is 2.05. The molecular weight excluding hydrogens is 229 g/mol. The van der Waals surface area contributed by atoms with Crippen molar-refractivity contribution in [2.24, 2.45) is 5.92 Å². The van der Waals surface area contributed by atoms with E-state index in [1.807, 2.05) is 14.0 Å². The van der Waals surface area contributed by atoms with Crippen LogP contribution in [0.3, 0.4) is 0 Å². The van der Waals surface area contributed by atoms with Gasteiger partial charge in [-0.15, -0.1) is 0 Å². The van der Waals surface area contributed by atoms with Crippen molar-refractivity contribution in [1.29, 1.82) is 0 Å². The lowest BCUT2D eigenvalue weighted by atomic mass is 10.1. The number of hydrogen-bond donors (Lipinski definition) is 1. The molecule has 0 aromatic heterocycles. The van der Waals surface area contributed by atoms with Gasteiger partial charge in [-0.05, 0) is 50.9 Å². The fourth-order valence-electron chi connectivity index (χ4n) is 2.53. The average Bonchev–Trinajstić information content (AvgIpc) is 2.89. The monoisotopic (exact) mass is 251 g/mol. The van der Waals surface area contributed by atoms with Crippen molar-refractivity contribution in [2.75, 3.05) is 13.7 Å². The third kappa shape index (κ3) is 3.22. The van der Waals surface area contributed by atoms with Crippen LogP contribution in [0.4, 0.5) is 4.39 Å². The van der Waals surface area contributed by atoms with Crippen LogP contribution in [0.5, 0.6) is 5.75 Å². The average molecular weight is 251 g/mol. The second kappa shape index (κ2) is 6.19. The molecule has 1 unspecified atom stereocenters. The van der Waals surface area contributed by atoms with Crippen LogP contribution >= 0.6 is 0 Å². The summed E-state index contributed by atoms with van der Waals surface area (Å²) in [7, 11) is 1.87. The van der Waals surface area contributed by atoms with Crippen LogP contribution in [0.2, 0.25) is 0 Å². The van der Waals surface area contributed by atoms with E-state index in [9.17, 15) is 4.39 Å². The molecule has 0 saturated heterocycles. The molecule has 1 aliphatic carbocycles. The molecule has 1 aromatic rings. The van der Waals surface area contributed by atoms with E-state index >= 15 is 0 Å². The van der Waals surface area contributed by atoms with E-state index in [1.54, 1.807) is 12.1 Å². The second-order valence-corrected chi connectivity index (χ2v) is 5.15. The van der Waals surface area contributed by atoms with Crippen LogP contribution in [-0.2, 0) is 0 Å². The first-order valence-corrected chi connectivity index (χ1v) is 6.80. The molecule has 2 rings (SSSR count). The minimum atomic E-state index is -0.208. The maximum atomic E-state index is 13.3. The first-order chi connectivity index (χ1) is 8.70. The van der Waals surface area contributed by atoms with Crippen LogP contribution in [0.25, 0.3) is 0 Å². The number of hydrogen-bond acceptors (Lipinski definition) is 2. The predicted molar refractivity (Wildman–Crippen MR) is 71.3 cm³/mol. The van der Waals surface area contributed by atoms with Crippen LogP contribution in [0.1, 0.15) is 44.2 Å². The third-order valence-corrected chi connectivity index (χ3v) is 3.82. The molecule has 0 heterocycles. The molecule has 100 valence electrons. The molecule has 0 amide bonds. The van der Waals surface area contributed by atoms with Crippen molar-refractivity contribution in [1.82, 2.24) is 5.32 Å². The molecule has 1 N–H and O–H groups in total. The van der Waals surface area contributed by atoms with Crippen LogP contribution < -0.4 is 10.1 Å². The zero-order chi connectivity index (χ0) is 13.0.